The van der Waals surface area contributed by atoms with Gasteiger partial charge in [0.1, 0.15) is 0 Å². The molecule has 2 atom stereocenters. The van der Waals surface area contributed by atoms with Gasteiger partial charge in [-0.15, -0.1) is 0 Å². The molecule has 0 saturated heterocycles. The summed E-state index contributed by atoms with van der Waals surface area (Å²) in [4.78, 5) is 11.8. The summed E-state index contributed by atoms with van der Waals surface area (Å²) in [5, 5.41) is 12.8. The van der Waals surface area contributed by atoms with Gasteiger partial charge in [0, 0.05) is 24.6 Å². The predicted molar refractivity (Wildman–Crippen MR) is 75.2 cm³/mol. The molecule has 1 aromatic carbocycles. The van der Waals surface area contributed by atoms with Crippen molar-refractivity contribution in [2.45, 2.75) is 19.4 Å². The molecule has 2 unspecified atom stereocenters. The molecule has 1 amide bonds. The fourth-order valence-electron chi connectivity index (χ4n) is 1.71. The summed E-state index contributed by atoms with van der Waals surface area (Å²) in [6.07, 6.45) is -0.0275. The maximum Gasteiger partial charge on any atom is 0.223 e. The van der Waals surface area contributed by atoms with Gasteiger partial charge in [-0.3, -0.25) is 4.79 Å². The predicted octanol–water partition coefficient (Wildman–Crippen LogP) is 1.64. The second-order valence-electron chi connectivity index (χ2n) is 4.59. The Morgan fingerprint density at radius 3 is 2.63 bits per heavy atom. The van der Waals surface area contributed by atoms with Crippen molar-refractivity contribution in [3.63, 3.8) is 0 Å². The zero-order valence-corrected chi connectivity index (χ0v) is 12.0. The van der Waals surface area contributed by atoms with E-state index in [9.17, 15) is 9.90 Å². The number of aliphatic hydroxyl groups excluding tert-OH is 1. The lowest BCUT2D eigenvalue weighted by Gasteiger charge is -2.15. The zero-order valence-electron chi connectivity index (χ0n) is 11.2. The van der Waals surface area contributed by atoms with Crippen molar-refractivity contribution >= 4 is 17.5 Å². The van der Waals surface area contributed by atoms with Crippen LogP contribution in [0.3, 0.4) is 0 Å². The highest BCUT2D eigenvalue weighted by Crippen LogP contribution is 2.13. The van der Waals surface area contributed by atoms with Gasteiger partial charge < -0.3 is 15.2 Å². The molecule has 1 rings (SSSR count). The molecular formula is C14H20ClNO3. The van der Waals surface area contributed by atoms with Crippen LogP contribution in [-0.2, 0) is 16.0 Å². The Balaban J connectivity index is 2.38. The van der Waals surface area contributed by atoms with Crippen LogP contribution in [0.25, 0.3) is 0 Å². The number of carbonyl (C=O) groups is 1. The third-order valence-corrected chi connectivity index (χ3v) is 3.03. The molecule has 0 aliphatic carbocycles. The van der Waals surface area contributed by atoms with Crippen molar-refractivity contribution in [1.82, 2.24) is 5.32 Å². The first kappa shape index (κ1) is 16.0. The highest BCUT2D eigenvalue weighted by atomic mass is 35.5. The first-order valence-corrected chi connectivity index (χ1v) is 6.60. The summed E-state index contributed by atoms with van der Waals surface area (Å²) >= 11 is 5.81. The van der Waals surface area contributed by atoms with Crippen molar-refractivity contribution in [1.29, 1.82) is 0 Å². The lowest BCUT2D eigenvalue weighted by molar-refractivity contribution is -0.125. The Kier molecular flexibility index (Phi) is 6.84. The van der Waals surface area contributed by atoms with Crippen molar-refractivity contribution in [3.8, 4) is 0 Å². The topological polar surface area (TPSA) is 58.6 Å². The number of amides is 1. The lowest BCUT2D eigenvalue weighted by Crippen LogP contribution is -2.37. The number of aliphatic hydroxyl groups is 1. The van der Waals surface area contributed by atoms with E-state index in [0.717, 1.165) is 5.56 Å². The number of nitrogens with one attached hydrogen (secondary N) is 1. The van der Waals surface area contributed by atoms with Gasteiger partial charge in [0.15, 0.2) is 0 Å². The van der Waals surface area contributed by atoms with Crippen molar-refractivity contribution in [3.05, 3.63) is 34.9 Å². The maximum atomic E-state index is 11.8. The average Bonchev–Trinajstić information content (AvgIpc) is 2.39. The van der Waals surface area contributed by atoms with Crippen LogP contribution in [-0.4, -0.2) is 37.4 Å². The van der Waals surface area contributed by atoms with Crippen LogP contribution in [0, 0.1) is 5.92 Å². The third-order valence-electron chi connectivity index (χ3n) is 2.77. The first-order chi connectivity index (χ1) is 9.02. The average molecular weight is 286 g/mol. The van der Waals surface area contributed by atoms with Crippen molar-refractivity contribution in [2.75, 3.05) is 20.3 Å². The zero-order chi connectivity index (χ0) is 14.3. The Morgan fingerprint density at radius 2 is 2.05 bits per heavy atom. The van der Waals surface area contributed by atoms with E-state index in [4.69, 9.17) is 16.3 Å². The second kappa shape index (κ2) is 8.15. The molecule has 2 N–H and O–H groups in total. The molecule has 0 saturated carbocycles. The number of hydrogen-bond acceptors (Lipinski definition) is 3. The molecule has 5 heteroatoms. The molecule has 0 aliphatic rings. The largest absolute Gasteiger partial charge is 0.389 e. The number of carbonyl (C=O) groups excluding carboxylic acids is 1. The lowest BCUT2D eigenvalue weighted by atomic mass is 10.0. The molecule has 106 valence electrons. The molecule has 1 aromatic rings. The smallest absolute Gasteiger partial charge is 0.223 e. The summed E-state index contributed by atoms with van der Waals surface area (Å²) in [5.74, 6) is -0.235. The van der Waals surface area contributed by atoms with Crippen molar-refractivity contribution in [2.24, 2.45) is 5.92 Å². The van der Waals surface area contributed by atoms with Crippen LogP contribution in [0.1, 0.15) is 12.5 Å². The van der Waals surface area contributed by atoms with Crippen LogP contribution in [0.15, 0.2) is 24.3 Å². The van der Waals surface area contributed by atoms with Crippen LogP contribution in [0.4, 0.5) is 0 Å². The molecule has 19 heavy (non-hydrogen) atoms. The summed E-state index contributed by atoms with van der Waals surface area (Å²) in [7, 11) is 1.51. The normalized spacial score (nSPS) is 13.9. The molecule has 0 heterocycles. The maximum absolute atomic E-state index is 11.8. The Morgan fingerprint density at radius 1 is 1.42 bits per heavy atom. The summed E-state index contributed by atoms with van der Waals surface area (Å²) in [6, 6.07) is 7.44. The number of benzene rings is 1. The number of halogens is 1. The van der Waals surface area contributed by atoms with Crippen LogP contribution < -0.4 is 5.32 Å². The minimum absolute atomic E-state index is 0.0786. The van der Waals surface area contributed by atoms with E-state index >= 15 is 0 Å². The van der Waals surface area contributed by atoms with Gasteiger partial charge in [-0.2, -0.15) is 0 Å². The summed E-state index contributed by atoms with van der Waals surface area (Å²) in [5.41, 5.74) is 1.06. The van der Waals surface area contributed by atoms with Crippen molar-refractivity contribution < 1.29 is 14.6 Å². The van der Waals surface area contributed by atoms with E-state index in [0.29, 0.717) is 11.4 Å². The molecule has 0 aromatic heterocycles. The first-order valence-electron chi connectivity index (χ1n) is 6.22. The van der Waals surface area contributed by atoms with E-state index in [-0.39, 0.29) is 25.0 Å². The van der Waals surface area contributed by atoms with E-state index in [1.807, 2.05) is 31.2 Å². The summed E-state index contributed by atoms with van der Waals surface area (Å²) in [6.45, 7) is 2.27. The minimum atomic E-state index is -0.670. The van der Waals surface area contributed by atoms with Gasteiger partial charge in [-0.25, -0.2) is 0 Å². The molecule has 0 fully saturated rings. The fourth-order valence-corrected chi connectivity index (χ4v) is 1.84. The van der Waals surface area contributed by atoms with E-state index < -0.39 is 6.10 Å². The highest BCUT2D eigenvalue weighted by Gasteiger charge is 2.14. The summed E-state index contributed by atoms with van der Waals surface area (Å²) < 4.78 is 4.79. The number of hydrogen-bond donors (Lipinski definition) is 2. The monoisotopic (exact) mass is 285 g/mol. The number of ether oxygens (including phenoxy) is 1. The minimum Gasteiger partial charge on any atom is -0.389 e. The third kappa shape index (κ3) is 6.05. The van der Waals surface area contributed by atoms with E-state index in [1.165, 1.54) is 7.11 Å². The molecule has 4 nitrogen and oxygen atoms in total. The quantitative estimate of drug-likeness (QED) is 0.801. The van der Waals surface area contributed by atoms with Crippen LogP contribution >= 0.6 is 11.6 Å². The highest BCUT2D eigenvalue weighted by molar-refractivity contribution is 6.30. The van der Waals surface area contributed by atoms with Crippen LogP contribution in [0.5, 0.6) is 0 Å². The van der Waals surface area contributed by atoms with Gasteiger partial charge >= 0.3 is 0 Å². The van der Waals surface area contributed by atoms with Gasteiger partial charge in [0.25, 0.3) is 0 Å². The number of rotatable bonds is 7. The van der Waals surface area contributed by atoms with E-state index in [1.54, 1.807) is 0 Å². The van der Waals surface area contributed by atoms with Gasteiger partial charge in [0.05, 0.1) is 12.7 Å². The Bertz CT molecular complexity index is 394. The molecule has 0 bridgehead atoms. The Labute approximate surface area is 118 Å². The molecular weight excluding hydrogens is 266 g/mol. The molecule has 0 radical (unpaired) electrons. The van der Waals surface area contributed by atoms with Gasteiger partial charge in [-0.1, -0.05) is 30.7 Å². The Hall–Kier alpha value is -1.10. The standard InChI is InChI=1S/C14H20ClNO3/c1-10(7-11-3-5-12(15)6-4-11)14(18)16-8-13(17)9-19-2/h3-6,10,13,17H,7-9H2,1-2H3,(H,16,18). The number of methoxy groups -OCH3 is 1. The van der Waals surface area contributed by atoms with E-state index in [2.05, 4.69) is 5.32 Å². The SMILES string of the molecule is COCC(O)CNC(=O)C(C)Cc1ccc(Cl)cc1. The molecule has 0 spiro atoms. The fraction of sp³-hybridized carbons (Fsp3) is 0.500. The van der Waals surface area contributed by atoms with Gasteiger partial charge in [-0.05, 0) is 24.1 Å². The van der Waals surface area contributed by atoms with Gasteiger partial charge in [0.2, 0.25) is 5.91 Å². The van der Waals surface area contributed by atoms with Crippen LogP contribution in [0.2, 0.25) is 5.02 Å². The molecule has 0 aliphatic heterocycles. The second-order valence-corrected chi connectivity index (χ2v) is 5.02.